The summed E-state index contributed by atoms with van der Waals surface area (Å²) in [6, 6.07) is 13.0. The number of ether oxygens (including phenoxy) is 1. The summed E-state index contributed by atoms with van der Waals surface area (Å²) in [6.45, 7) is 0. The summed E-state index contributed by atoms with van der Waals surface area (Å²) in [5.41, 5.74) is 0.0947. The van der Waals surface area contributed by atoms with Crippen molar-refractivity contribution in [3.8, 4) is 0 Å². The Kier molecular flexibility index (Phi) is 4.42. The Bertz CT molecular complexity index is 629. The van der Waals surface area contributed by atoms with Crippen LogP contribution in [0.2, 0.25) is 0 Å². The molecule has 0 unspecified atom stereocenters. The average Bonchev–Trinajstić information content (AvgIpc) is 2.47. The minimum atomic E-state index is -4.42. The maximum Gasteiger partial charge on any atom is 0.416 e. The molecule has 0 bridgehead atoms. The Morgan fingerprint density at radius 1 is 0.952 bits per heavy atom. The van der Waals surface area contributed by atoms with Crippen LogP contribution >= 0.6 is 0 Å². The van der Waals surface area contributed by atoms with E-state index in [0.29, 0.717) is 0 Å². The van der Waals surface area contributed by atoms with Gasteiger partial charge in [-0.25, -0.2) is 4.79 Å². The number of hydrogen-bond acceptors (Lipinski definition) is 2. The van der Waals surface area contributed by atoms with Crippen LogP contribution in [-0.2, 0) is 10.9 Å². The van der Waals surface area contributed by atoms with E-state index in [0.717, 1.165) is 29.8 Å². The van der Waals surface area contributed by atoms with Crippen LogP contribution < -0.4 is 0 Å². The van der Waals surface area contributed by atoms with E-state index in [9.17, 15) is 18.0 Å². The van der Waals surface area contributed by atoms with Crippen LogP contribution in [-0.4, -0.2) is 5.97 Å². The summed E-state index contributed by atoms with van der Waals surface area (Å²) in [4.78, 5) is 11.6. The van der Waals surface area contributed by atoms with Crippen LogP contribution in [0.1, 0.15) is 21.5 Å². The number of carbonyl (C=O) groups is 1. The first-order valence-electron chi connectivity index (χ1n) is 6.06. The molecule has 0 spiro atoms. The molecular weight excluding hydrogens is 281 g/mol. The van der Waals surface area contributed by atoms with Gasteiger partial charge in [0.1, 0.15) is 0 Å². The second-order valence-corrected chi connectivity index (χ2v) is 4.19. The maximum absolute atomic E-state index is 12.4. The minimum absolute atomic E-state index is 0.0562. The minimum Gasteiger partial charge on any atom is -0.431 e. The van der Waals surface area contributed by atoms with Gasteiger partial charge in [-0.2, -0.15) is 13.2 Å². The molecule has 108 valence electrons. The molecule has 0 aliphatic heterocycles. The van der Waals surface area contributed by atoms with Crippen LogP contribution in [0.5, 0.6) is 0 Å². The van der Waals surface area contributed by atoms with Crippen molar-refractivity contribution in [3.63, 3.8) is 0 Å². The lowest BCUT2D eigenvalue weighted by Gasteiger charge is -2.06. The zero-order valence-electron chi connectivity index (χ0n) is 10.8. The zero-order chi connectivity index (χ0) is 15.3. The summed E-state index contributed by atoms with van der Waals surface area (Å²) >= 11 is 0. The Labute approximate surface area is 119 Å². The van der Waals surface area contributed by atoms with Gasteiger partial charge < -0.3 is 4.74 Å². The van der Waals surface area contributed by atoms with E-state index < -0.39 is 17.7 Å². The number of benzene rings is 2. The van der Waals surface area contributed by atoms with Gasteiger partial charge >= 0.3 is 12.1 Å². The van der Waals surface area contributed by atoms with Crippen molar-refractivity contribution in [2.24, 2.45) is 0 Å². The van der Waals surface area contributed by atoms with Crippen molar-refractivity contribution in [1.29, 1.82) is 0 Å². The molecule has 0 atom stereocenters. The summed E-state index contributed by atoms with van der Waals surface area (Å²) in [6.07, 6.45) is -1.63. The number of rotatable bonds is 3. The molecule has 0 saturated carbocycles. The van der Waals surface area contributed by atoms with Crippen LogP contribution in [0, 0.1) is 0 Å². The molecule has 2 nitrogen and oxygen atoms in total. The molecule has 2 aromatic carbocycles. The molecule has 0 aliphatic carbocycles. The smallest absolute Gasteiger partial charge is 0.416 e. The molecule has 0 N–H and O–H groups in total. The Balaban J connectivity index is 1.99. The van der Waals surface area contributed by atoms with Crippen LogP contribution in [0.4, 0.5) is 13.2 Å². The van der Waals surface area contributed by atoms with E-state index in [1.807, 2.05) is 30.3 Å². The normalized spacial score (nSPS) is 11.6. The molecule has 0 fully saturated rings. The number of esters is 1. The topological polar surface area (TPSA) is 26.3 Å². The van der Waals surface area contributed by atoms with Crippen LogP contribution in [0.3, 0.4) is 0 Å². The highest BCUT2D eigenvalue weighted by Crippen LogP contribution is 2.29. The van der Waals surface area contributed by atoms with Crippen LogP contribution in [0.25, 0.3) is 6.08 Å². The Morgan fingerprint density at radius 3 is 2.14 bits per heavy atom. The van der Waals surface area contributed by atoms with Crippen LogP contribution in [0.15, 0.2) is 60.9 Å². The molecular formula is C16H11F3O2. The van der Waals surface area contributed by atoms with E-state index in [2.05, 4.69) is 0 Å². The molecule has 21 heavy (non-hydrogen) atoms. The number of alkyl halides is 3. The highest BCUT2D eigenvalue weighted by molar-refractivity contribution is 5.90. The third kappa shape index (κ3) is 4.21. The molecule has 0 aromatic heterocycles. The maximum atomic E-state index is 12.4. The standard InChI is InChI=1S/C16H11F3O2/c17-16(18,19)14-8-6-13(7-9-14)15(20)21-11-10-12-4-2-1-3-5-12/h1-11H. The molecule has 0 amide bonds. The van der Waals surface area contributed by atoms with Crippen molar-refractivity contribution < 1.29 is 22.7 Å². The van der Waals surface area contributed by atoms with E-state index in [1.165, 1.54) is 6.26 Å². The number of hydrogen-bond donors (Lipinski definition) is 0. The van der Waals surface area contributed by atoms with Gasteiger partial charge in [0, 0.05) is 0 Å². The lowest BCUT2D eigenvalue weighted by molar-refractivity contribution is -0.137. The van der Waals surface area contributed by atoms with Crippen molar-refractivity contribution in [2.45, 2.75) is 6.18 Å². The summed E-state index contributed by atoms with van der Waals surface area (Å²) < 4.78 is 42.0. The molecule has 0 heterocycles. The third-order valence-corrected chi connectivity index (χ3v) is 2.68. The monoisotopic (exact) mass is 292 g/mol. The van der Waals surface area contributed by atoms with Crippen molar-refractivity contribution in [2.75, 3.05) is 0 Å². The van der Waals surface area contributed by atoms with Gasteiger partial charge in [0.05, 0.1) is 17.4 Å². The fraction of sp³-hybridized carbons (Fsp3) is 0.0625. The molecule has 0 saturated heterocycles. The van der Waals surface area contributed by atoms with Gasteiger partial charge in [-0.15, -0.1) is 0 Å². The largest absolute Gasteiger partial charge is 0.431 e. The summed E-state index contributed by atoms with van der Waals surface area (Å²) in [7, 11) is 0. The van der Waals surface area contributed by atoms with E-state index in [-0.39, 0.29) is 5.56 Å². The summed E-state index contributed by atoms with van der Waals surface area (Å²) in [5, 5.41) is 0. The number of halogens is 3. The van der Waals surface area contributed by atoms with Crippen molar-refractivity contribution in [3.05, 3.63) is 77.5 Å². The summed E-state index contributed by atoms with van der Waals surface area (Å²) in [5.74, 6) is -0.712. The van der Waals surface area contributed by atoms with E-state index in [4.69, 9.17) is 4.74 Å². The van der Waals surface area contributed by atoms with Gasteiger partial charge in [0.15, 0.2) is 0 Å². The molecule has 5 heteroatoms. The zero-order valence-corrected chi connectivity index (χ0v) is 10.8. The first-order valence-corrected chi connectivity index (χ1v) is 6.06. The highest BCUT2D eigenvalue weighted by Gasteiger charge is 2.30. The molecule has 0 radical (unpaired) electrons. The van der Waals surface area contributed by atoms with Crippen molar-refractivity contribution in [1.82, 2.24) is 0 Å². The highest BCUT2D eigenvalue weighted by atomic mass is 19.4. The fourth-order valence-corrected chi connectivity index (χ4v) is 1.60. The van der Waals surface area contributed by atoms with E-state index in [1.54, 1.807) is 6.08 Å². The molecule has 2 aromatic rings. The van der Waals surface area contributed by atoms with Gasteiger partial charge in [0.25, 0.3) is 0 Å². The Morgan fingerprint density at radius 2 is 1.57 bits per heavy atom. The lowest BCUT2D eigenvalue weighted by atomic mass is 10.1. The van der Waals surface area contributed by atoms with Gasteiger partial charge in [-0.05, 0) is 35.9 Å². The lowest BCUT2D eigenvalue weighted by Crippen LogP contribution is -2.06. The average molecular weight is 292 g/mol. The number of carbonyl (C=O) groups excluding carboxylic acids is 1. The fourth-order valence-electron chi connectivity index (χ4n) is 1.60. The van der Waals surface area contributed by atoms with Gasteiger partial charge in [-0.1, -0.05) is 30.3 Å². The predicted octanol–water partition coefficient (Wildman–Crippen LogP) is 4.53. The SMILES string of the molecule is O=C(OC=Cc1ccccc1)c1ccc(C(F)(F)F)cc1. The quantitative estimate of drug-likeness (QED) is 0.613. The molecule has 0 aliphatic rings. The van der Waals surface area contributed by atoms with E-state index >= 15 is 0 Å². The second-order valence-electron chi connectivity index (χ2n) is 4.19. The molecule has 2 rings (SSSR count). The second kappa shape index (κ2) is 6.26. The van der Waals surface area contributed by atoms with Gasteiger partial charge in [-0.3, -0.25) is 0 Å². The first kappa shape index (κ1) is 14.8. The first-order chi connectivity index (χ1) is 9.97. The predicted molar refractivity (Wildman–Crippen MR) is 72.3 cm³/mol. The Hall–Kier alpha value is -2.56. The van der Waals surface area contributed by atoms with Gasteiger partial charge in [0.2, 0.25) is 0 Å². The van der Waals surface area contributed by atoms with Crippen molar-refractivity contribution >= 4 is 12.0 Å². The third-order valence-electron chi connectivity index (χ3n) is 2.68.